The van der Waals surface area contributed by atoms with Gasteiger partial charge >= 0.3 is 18.4 Å². The van der Waals surface area contributed by atoms with Crippen molar-refractivity contribution < 1.29 is 55.6 Å². The molecule has 0 radical (unpaired) electrons. The highest BCUT2D eigenvalue weighted by Crippen LogP contribution is 2.43. The highest BCUT2D eigenvalue weighted by Gasteiger charge is 2.44. The Hall–Kier alpha value is -5.18. The SMILES string of the molecule is CN(C(=O)c1cccc(-n2nc(C(F)(F)F)c3c2C(Oc2ccc(C(=O)O)cc2)COC3)c1)c1ccc2c(c1)OC(F)(F)O2. The molecule has 0 saturated heterocycles. The fourth-order valence-electron chi connectivity index (χ4n) is 4.87. The fourth-order valence-corrected chi connectivity index (χ4v) is 4.87. The van der Waals surface area contributed by atoms with Crippen molar-refractivity contribution in [2.24, 2.45) is 0 Å². The second-order valence-electron chi connectivity index (χ2n) is 9.79. The number of hydrogen-bond donors (Lipinski definition) is 1. The normalized spacial score (nSPS) is 16.7. The van der Waals surface area contributed by atoms with Crippen LogP contribution in [0.4, 0.5) is 27.6 Å². The number of aromatic carboxylic acids is 1. The lowest BCUT2D eigenvalue weighted by Gasteiger charge is -2.26. The zero-order valence-electron chi connectivity index (χ0n) is 22.5. The van der Waals surface area contributed by atoms with Crippen molar-refractivity contribution in [1.82, 2.24) is 9.78 Å². The van der Waals surface area contributed by atoms with Crippen molar-refractivity contribution >= 4 is 17.6 Å². The van der Waals surface area contributed by atoms with Gasteiger partial charge in [-0.05, 0) is 54.6 Å². The number of carboxylic acids is 1. The Morgan fingerprint density at radius 2 is 1.75 bits per heavy atom. The number of carbonyl (C=O) groups excluding carboxylic acids is 1. The van der Waals surface area contributed by atoms with Crippen LogP contribution >= 0.6 is 0 Å². The zero-order valence-corrected chi connectivity index (χ0v) is 22.5. The number of carboxylic acid groups (broad SMARTS) is 1. The van der Waals surface area contributed by atoms with Gasteiger partial charge in [0, 0.05) is 29.9 Å². The molecule has 3 heterocycles. The molecule has 1 atom stereocenters. The number of aromatic nitrogens is 2. The van der Waals surface area contributed by atoms with Crippen LogP contribution in [-0.2, 0) is 17.5 Å². The predicted octanol–water partition coefficient (Wildman–Crippen LogP) is 5.84. The summed E-state index contributed by atoms with van der Waals surface area (Å²) in [5, 5.41) is 13.0. The first kappa shape index (κ1) is 28.9. The number of fused-ring (bicyclic) bond motifs is 2. The molecule has 0 aliphatic carbocycles. The van der Waals surface area contributed by atoms with Crippen molar-refractivity contribution in [3.8, 4) is 22.9 Å². The van der Waals surface area contributed by atoms with Crippen LogP contribution in [0.3, 0.4) is 0 Å². The lowest BCUT2D eigenvalue weighted by atomic mass is 10.1. The third-order valence-corrected chi connectivity index (χ3v) is 6.91. The number of amides is 1. The molecule has 2 aliphatic heterocycles. The summed E-state index contributed by atoms with van der Waals surface area (Å²) in [5.41, 5.74) is -1.04. The highest BCUT2D eigenvalue weighted by molar-refractivity contribution is 6.06. The van der Waals surface area contributed by atoms with E-state index < -0.39 is 42.8 Å². The van der Waals surface area contributed by atoms with Crippen molar-refractivity contribution in [2.45, 2.75) is 25.2 Å². The van der Waals surface area contributed by atoms with Crippen LogP contribution in [0.15, 0.2) is 66.7 Å². The molecule has 0 fully saturated rings. The third kappa shape index (κ3) is 5.37. The highest BCUT2D eigenvalue weighted by atomic mass is 19.4. The summed E-state index contributed by atoms with van der Waals surface area (Å²) in [7, 11) is 1.39. The molecule has 10 nitrogen and oxygen atoms in total. The number of nitrogens with zero attached hydrogens (tertiary/aromatic N) is 3. The van der Waals surface area contributed by atoms with Crippen molar-refractivity contribution in [3.05, 3.63) is 94.8 Å². The molecule has 44 heavy (non-hydrogen) atoms. The van der Waals surface area contributed by atoms with E-state index in [2.05, 4.69) is 14.6 Å². The molecule has 1 unspecified atom stereocenters. The Labute approximate surface area is 244 Å². The van der Waals surface area contributed by atoms with Crippen molar-refractivity contribution in [2.75, 3.05) is 18.6 Å². The Morgan fingerprint density at radius 1 is 1.02 bits per heavy atom. The number of benzene rings is 3. The molecule has 4 aromatic rings. The van der Waals surface area contributed by atoms with Gasteiger partial charge in [-0.25, -0.2) is 9.48 Å². The van der Waals surface area contributed by atoms with Crippen LogP contribution in [0.5, 0.6) is 17.2 Å². The van der Waals surface area contributed by atoms with Gasteiger partial charge in [-0.2, -0.15) is 18.3 Å². The van der Waals surface area contributed by atoms with E-state index in [4.69, 9.17) is 14.6 Å². The molecule has 228 valence electrons. The molecular weight excluding hydrogens is 597 g/mol. The fraction of sp³-hybridized carbons (Fsp3) is 0.207. The van der Waals surface area contributed by atoms with E-state index in [9.17, 15) is 31.5 Å². The van der Waals surface area contributed by atoms with Crippen LogP contribution in [0.25, 0.3) is 5.69 Å². The molecule has 0 spiro atoms. The Morgan fingerprint density at radius 3 is 2.45 bits per heavy atom. The minimum atomic E-state index is -4.84. The van der Waals surface area contributed by atoms with E-state index >= 15 is 0 Å². The summed E-state index contributed by atoms with van der Waals surface area (Å²) >= 11 is 0. The molecule has 0 saturated carbocycles. The maximum absolute atomic E-state index is 14.1. The number of rotatable bonds is 6. The van der Waals surface area contributed by atoms with E-state index in [1.165, 1.54) is 73.8 Å². The van der Waals surface area contributed by atoms with Gasteiger partial charge in [-0.1, -0.05) is 6.07 Å². The van der Waals surface area contributed by atoms with Gasteiger partial charge in [-0.15, -0.1) is 8.78 Å². The smallest absolute Gasteiger partial charge is 0.482 e. The summed E-state index contributed by atoms with van der Waals surface area (Å²) in [6.45, 7) is -0.534. The molecule has 2 aliphatic rings. The second kappa shape index (κ2) is 10.5. The number of anilines is 1. The lowest BCUT2D eigenvalue weighted by Crippen LogP contribution is -2.27. The first-order valence-electron chi connectivity index (χ1n) is 12.9. The molecular formula is C29H20F5N3O7. The Balaban J connectivity index is 1.34. The Bertz CT molecular complexity index is 1770. The molecule has 1 amide bonds. The summed E-state index contributed by atoms with van der Waals surface area (Å²) in [4.78, 5) is 25.7. The molecule has 15 heteroatoms. The number of ether oxygens (including phenoxy) is 4. The van der Waals surface area contributed by atoms with Gasteiger partial charge in [0.2, 0.25) is 0 Å². The van der Waals surface area contributed by atoms with Gasteiger partial charge in [0.25, 0.3) is 5.91 Å². The maximum Gasteiger partial charge on any atom is 0.586 e. The van der Waals surface area contributed by atoms with E-state index in [0.717, 1.165) is 9.58 Å². The first-order chi connectivity index (χ1) is 20.8. The van der Waals surface area contributed by atoms with E-state index in [-0.39, 0.29) is 57.6 Å². The number of carbonyl (C=O) groups is 2. The lowest BCUT2D eigenvalue weighted by molar-refractivity contribution is -0.286. The standard InChI is InChI=1S/C29H20F5N3O7/c1-36(17-7-10-21-22(12-17)44-29(33,34)43-21)26(38)16-3-2-4-18(11-16)37-24-20(25(35-37)28(30,31)32)13-41-14-23(24)42-19-8-5-15(6-9-19)27(39)40/h2-12,23H,13-14H2,1H3,(H,39,40). The zero-order chi connectivity index (χ0) is 31.4. The average molecular weight is 617 g/mol. The summed E-state index contributed by atoms with van der Waals surface area (Å²) < 4.78 is 90.3. The largest absolute Gasteiger partial charge is 0.586 e. The minimum Gasteiger partial charge on any atom is -0.482 e. The van der Waals surface area contributed by atoms with Gasteiger partial charge in [0.15, 0.2) is 23.3 Å². The molecule has 1 N–H and O–H groups in total. The van der Waals surface area contributed by atoms with Gasteiger partial charge < -0.3 is 29.0 Å². The van der Waals surface area contributed by atoms with Crippen molar-refractivity contribution in [3.63, 3.8) is 0 Å². The van der Waals surface area contributed by atoms with Gasteiger partial charge in [-0.3, -0.25) is 4.79 Å². The molecule has 6 rings (SSSR count). The van der Waals surface area contributed by atoms with Crippen LogP contribution in [0.2, 0.25) is 0 Å². The minimum absolute atomic E-state index is 0.00697. The molecule has 0 bridgehead atoms. The number of hydrogen-bond acceptors (Lipinski definition) is 7. The van der Waals surface area contributed by atoms with Gasteiger partial charge in [0.1, 0.15) is 5.75 Å². The summed E-state index contributed by atoms with van der Waals surface area (Å²) in [6.07, 6.45) is -9.76. The second-order valence-corrected chi connectivity index (χ2v) is 9.79. The summed E-state index contributed by atoms with van der Waals surface area (Å²) in [5.74, 6) is -2.06. The van der Waals surface area contributed by atoms with Gasteiger partial charge in [0.05, 0.1) is 30.2 Å². The monoisotopic (exact) mass is 617 g/mol. The number of halogens is 5. The van der Waals surface area contributed by atoms with E-state index in [1.54, 1.807) is 0 Å². The van der Waals surface area contributed by atoms with Crippen molar-refractivity contribution in [1.29, 1.82) is 0 Å². The predicted molar refractivity (Wildman–Crippen MR) is 140 cm³/mol. The average Bonchev–Trinajstić information content (AvgIpc) is 3.53. The summed E-state index contributed by atoms with van der Waals surface area (Å²) in [6, 6.07) is 14.8. The topological polar surface area (TPSA) is 112 Å². The third-order valence-electron chi connectivity index (χ3n) is 6.91. The quantitative estimate of drug-likeness (QED) is 0.269. The Kier molecular flexibility index (Phi) is 6.91. The van der Waals surface area contributed by atoms with Crippen LogP contribution < -0.4 is 19.1 Å². The van der Waals surface area contributed by atoms with E-state index in [1.807, 2.05) is 0 Å². The van der Waals surface area contributed by atoms with E-state index in [0.29, 0.717) is 0 Å². The van der Waals surface area contributed by atoms with Crippen LogP contribution in [0, 0.1) is 0 Å². The number of alkyl halides is 5. The van der Waals surface area contributed by atoms with Crippen LogP contribution in [-0.4, -0.2) is 46.7 Å². The maximum atomic E-state index is 14.1. The molecule has 1 aromatic heterocycles. The van der Waals surface area contributed by atoms with Crippen LogP contribution in [0.1, 0.15) is 43.8 Å². The molecule has 3 aromatic carbocycles. The first-order valence-corrected chi connectivity index (χ1v) is 12.9.